The Balaban J connectivity index is 1.68. The van der Waals surface area contributed by atoms with Gasteiger partial charge in [0, 0.05) is 32.2 Å². The summed E-state index contributed by atoms with van der Waals surface area (Å²) in [5.74, 6) is 6.48. The van der Waals surface area contributed by atoms with Crippen LogP contribution in [0.15, 0.2) is 42.5 Å². The first-order chi connectivity index (χ1) is 16.0. The zero-order chi connectivity index (χ0) is 23.9. The molecule has 1 fully saturated rings. The van der Waals surface area contributed by atoms with Crippen molar-refractivity contribution in [3.05, 3.63) is 48.0 Å². The summed E-state index contributed by atoms with van der Waals surface area (Å²) >= 11 is 0. The van der Waals surface area contributed by atoms with Gasteiger partial charge in [0.05, 0.1) is 19.3 Å². The number of rotatable bonds is 13. The maximum Gasteiger partial charge on any atom is 0.305 e. The van der Waals surface area contributed by atoms with Crippen molar-refractivity contribution in [3.8, 4) is 11.8 Å². The second-order valence-corrected chi connectivity index (χ2v) is 8.83. The van der Waals surface area contributed by atoms with E-state index in [-0.39, 0.29) is 23.8 Å². The summed E-state index contributed by atoms with van der Waals surface area (Å²) in [5.41, 5.74) is 1.29. The highest BCUT2D eigenvalue weighted by Crippen LogP contribution is 2.22. The molecule has 1 amide bonds. The first-order valence-electron chi connectivity index (χ1n) is 12.2. The van der Waals surface area contributed by atoms with Crippen molar-refractivity contribution in [2.45, 2.75) is 83.3 Å². The lowest BCUT2D eigenvalue weighted by atomic mass is 9.99. The van der Waals surface area contributed by atoms with Crippen LogP contribution in [0.2, 0.25) is 0 Å². The van der Waals surface area contributed by atoms with Crippen LogP contribution in [0.1, 0.15) is 70.3 Å². The van der Waals surface area contributed by atoms with Crippen molar-refractivity contribution >= 4 is 11.9 Å². The molecule has 1 aromatic rings. The smallest absolute Gasteiger partial charge is 0.305 e. The molecule has 1 aliphatic rings. The fourth-order valence-electron chi connectivity index (χ4n) is 3.98. The lowest BCUT2D eigenvalue weighted by Crippen LogP contribution is -2.33. The molecular formula is C28H39NO4. The Morgan fingerprint density at radius 3 is 2.73 bits per heavy atom. The van der Waals surface area contributed by atoms with Crippen LogP contribution in [0, 0.1) is 17.8 Å². The number of aliphatic hydroxyl groups excluding tert-OH is 1. The number of benzene rings is 1. The van der Waals surface area contributed by atoms with Gasteiger partial charge in [-0.15, -0.1) is 11.8 Å². The Bertz CT molecular complexity index is 808. The molecule has 0 bridgehead atoms. The van der Waals surface area contributed by atoms with E-state index in [2.05, 4.69) is 28.7 Å². The summed E-state index contributed by atoms with van der Waals surface area (Å²) < 4.78 is 4.65. The van der Waals surface area contributed by atoms with Crippen LogP contribution < -0.4 is 0 Å². The number of carbonyl (C=O) groups excluding carboxylic acids is 2. The summed E-state index contributed by atoms with van der Waals surface area (Å²) in [4.78, 5) is 25.3. The van der Waals surface area contributed by atoms with E-state index in [4.69, 9.17) is 0 Å². The standard InChI is InChI=1S/C28H39NO4/c1-23(13-7-5-8-14-24-15-9-6-10-16-24)26(30)20-18-25-19-21-27(31)29(25)22-12-4-3-11-17-28(32)33-2/h6,9-10,15-16,18,20,23,25-26,30H,3-4,8,11-14,17,19,21-22H2,1-2H3/b20-18+/t23-,25-,26+/m0/s1. The molecule has 0 saturated carbocycles. The monoisotopic (exact) mass is 453 g/mol. The van der Waals surface area contributed by atoms with E-state index in [0.29, 0.717) is 19.3 Å². The highest BCUT2D eigenvalue weighted by atomic mass is 16.5. The second kappa shape index (κ2) is 15.3. The maximum absolute atomic E-state index is 12.3. The Morgan fingerprint density at radius 2 is 1.97 bits per heavy atom. The molecular weight excluding hydrogens is 414 g/mol. The number of nitrogens with zero attached hydrogens (tertiary/aromatic N) is 1. The quantitative estimate of drug-likeness (QED) is 0.204. The van der Waals surface area contributed by atoms with Gasteiger partial charge in [-0.2, -0.15) is 0 Å². The number of aryl methyl sites for hydroxylation is 1. The predicted molar refractivity (Wildman–Crippen MR) is 131 cm³/mol. The maximum atomic E-state index is 12.3. The molecule has 0 aromatic heterocycles. The largest absolute Gasteiger partial charge is 0.469 e. The van der Waals surface area contributed by atoms with E-state index in [1.165, 1.54) is 12.7 Å². The molecule has 5 heteroatoms. The molecule has 33 heavy (non-hydrogen) atoms. The van der Waals surface area contributed by atoms with Crippen molar-refractivity contribution in [1.29, 1.82) is 0 Å². The molecule has 1 N–H and O–H groups in total. The number of aliphatic hydroxyl groups is 1. The van der Waals surface area contributed by atoms with Crippen LogP contribution >= 0.6 is 0 Å². The number of hydrogen-bond donors (Lipinski definition) is 1. The predicted octanol–water partition coefficient (Wildman–Crippen LogP) is 4.68. The molecule has 0 radical (unpaired) electrons. The van der Waals surface area contributed by atoms with E-state index >= 15 is 0 Å². The van der Waals surface area contributed by atoms with Gasteiger partial charge in [0.25, 0.3) is 0 Å². The summed E-state index contributed by atoms with van der Waals surface area (Å²) in [6, 6.07) is 10.4. The minimum atomic E-state index is -0.565. The number of esters is 1. The van der Waals surface area contributed by atoms with Gasteiger partial charge in [0.1, 0.15) is 0 Å². The molecule has 0 spiro atoms. The first-order valence-corrected chi connectivity index (χ1v) is 12.2. The van der Waals surface area contributed by atoms with Crippen LogP contribution in [-0.2, 0) is 20.7 Å². The Hall–Kier alpha value is -2.58. The van der Waals surface area contributed by atoms with E-state index in [1.807, 2.05) is 42.2 Å². The minimum Gasteiger partial charge on any atom is -0.469 e. The van der Waals surface area contributed by atoms with Crippen LogP contribution in [0.4, 0.5) is 0 Å². The topological polar surface area (TPSA) is 66.8 Å². The number of ether oxygens (including phenoxy) is 1. The van der Waals surface area contributed by atoms with Crippen molar-refractivity contribution in [2.75, 3.05) is 13.7 Å². The molecule has 0 unspecified atom stereocenters. The van der Waals surface area contributed by atoms with Crippen molar-refractivity contribution in [3.63, 3.8) is 0 Å². The molecule has 1 saturated heterocycles. The summed E-state index contributed by atoms with van der Waals surface area (Å²) in [6.07, 6.45) is 11.2. The lowest BCUT2D eigenvalue weighted by molar-refractivity contribution is -0.140. The highest BCUT2D eigenvalue weighted by Gasteiger charge is 2.28. The Kier molecular flexibility index (Phi) is 12.4. The second-order valence-electron chi connectivity index (χ2n) is 8.83. The number of methoxy groups -OCH3 is 1. The number of likely N-dealkylation sites (tertiary alicyclic amines) is 1. The molecule has 180 valence electrons. The Morgan fingerprint density at radius 1 is 1.21 bits per heavy atom. The van der Waals surface area contributed by atoms with Gasteiger partial charge in [0.15, 0.2) is 0 Å². The van der Waals surface area contributed by atoms with Gasteiger partial charge in [-0.1, -0.05) is 62.2 Å². The van der Waals surface area contributed by atoms with Crippen molar-refractivity contribution in [1.82, 2.24) is 4.90 Å². The number of unbranched alkanes of at least 4 members (excludes halogenated alkanes) is 3. The number of hydrogen-bond acceptors (Lipinski definition) is 4. The zero-order valence-electron chi connectivity index (χ0n) is 20.2. The van der Waals surface area contributed by atoms with E-state index in [9.17, 15) is 14.7 Å². The fraction of sp³-hybridized carbons (Fsp3) is 0.571. The number of carbonyl (C=O) groups is 2. The van der Waals surface area contributed by atoms with Gasteiger partial charge in [-0.25, -0.2) is 0 Å². The van der Waals surface area contributed by atoms with E-state index < -0.39 is 6.10 Å². The van der Waals surface area contributed by atoms with Crippen LogP contribution in [0.25, 0.3) is 0 Å². The fourth-order valence-corrected chi connectivity index (χ4v) is 3.98. The molecule has 3 atom stereocenters. The SMILES string of the molecule is COC(=O)CCCCCCN1C(=O)CC[C@@H]1/C=C/[C@@H](O)[C@@H](C)CC#CCCc1ccccc1. The summed E-state index contributed by atoms with van der Waals surface area (Å²) in [7, 11) is 1.41. The third kappa shape index (κ3) is 10.3. The average molecular weight is 454 g/mol. The van der Waals surface area contributed by atoms with Gasteiger partial charge in [-0.05, 0) is 37.2 Å². The van der Waals surface area contributed by atoms with Gasteiger partial charge < -0.3 is 14.7 Å². The summed E-state index contributed by atoms with van der Waals surface area (Å²) in [5, 5.41) is 10.5. The van der Waals surface area contributed by atoms with E-state index in [0.717, 1.165) is 51.5 Å². The normalized spacial score (nSPS) is 17.6. The minimum absolute atomic E-state index is 0.0471. The van der Waals surface area contributed by atoms with Crippen LogP contribution in [0.5, 0.6) is 0 Å². The third-order valence-electron chi connectivity index (χ3n) is 6.18. The molecule has 5 nitrogen and oxygen atoms in total. The molecule has 0 aliphatic carbocycles. The highest BCUT2D eigenvalue weighted by molar-refractivity contribution is 5.79. The zero-order valence-corrected chi connectivity index (χ0v) is 20.2. The van der Waals surface area contributed by atoms with Crippen LogP contribution in [-0.4, -0.2) is 47.7 Å². The van der Waals surface area contributed by atoms with Crippen molar-refractivity contribution in [2.24, 2.45) is 5.92 Å². The average Bonchev–Trinajstić information content (AvgIpc) is 3.18. The summed E-state index contributed by atoms with van der Waals surface area (Å²) in [6.45, 7) is 2.73. The molecule has 1 heterocycles. The molecule has 1 aromatic carbocycles. The lowest BCUT2D eigenvalue weighted by Gasteiger charge is -2.23. The molecule has 2 rings (SSSR count). The van der Waals surface area contributed by atoms with Crippen molar-refractivity contribution < 1.29 is 19.4 Å². The van der Waals surface area contributed by atoms with Crippen LogP contribution in [0.3, 0.4) is 0 Å². The van der Waals surface area contributed by atoms with Gasteiger partial charge in [-0.3, -0.25) is 9.59 Å². The first kappa shape index (κ1) is 26.7. The van der Waals surface area contributed by atoms with E-state index in [1.54, 1.807) is 0 Å². The van der Waals surface area contributed by atoms with Gasteiger partial charge in [0.2, 0.25) is 5.91 Å². The molecule has 1 aliphatic heterocycles. The number of amides is 1. The Labute approximate surface area is 199 Å². The van der Waals surface area contributed by atoms with Gasteiger partial charge >= 0.3 is 5.97 Å². The third-order valence-corrected chi connectivity index (χ3v) is 6.18.